The molecule has 1 aromatic heterocycles. The number of aromatic nitrogens is 3. The molecular formula is C26H31N5O4S. The van der Waals surface area contributed by atoms with Crippen molar-refractivity contribution in [3.63, 3.8) is 0 Å². The van der Waals surface area contributed by atoms with Crippen LogP contribution in [0.25, 0.3) is 5.69 Å². The number of carbonyl (C=O) groups is 2. The van der Waals surface area contributed by atoms with E-state index >= 15 is 0 Å². The largest absolute Gasteiger partial charge is 0.462 e. The van der Waals surface area contributed by atoms with E-state index in [4.69, 9.17) is 9.47 Å². The fourth-order valence-corrected chi connectivity index (χ4v) is 4.67. The lowest BCUT2D eigenvalue weighted by atomic mass is 10.0. The number of ether oxygens (including phenoxy) is 2. The molecule has 36 heavy (non-hydrogen) atoms. The highest BCUT2D eigenvalue weighted by molar-refractivity contribution is 7.99. The topological polar surface area (TPSA) is 98.6 Å². The Balaban J connectivity index is 1.41. The van der Waals surface area contributed by atoms with Crippen molar-refractivity contribution in [2.75, 3.05) is 38.7 Å². The summed E-state index contributed by atoms with van der Waals surface area (Å²) in [6.07, 6.45) is 0. The van der Waals surface area contributed by atoms with Gasteiger partial charge in [0.05, 0.1) is 37.7 Å². The van der Waals surface area contributed by atoms with Crippen LogP contribution in [0, 0.1) is 6.92 Å². The van der Waals surface area contributed by atoms with Crippen molar-refractivity contribution in [1.29, 1.82) is 0 Å². The Morgan fingerprint density at radius 2 is 1.89 bits per heavy atom. The Kier molecular flexibility index (Phi) is 9.10. The van der Waals surface area contributed by atoms with Crippen LogP contribution in [0.1, 0.15) is 34.2 Å². The molecule has 190 valence electrons. The lowest BCUT2D eigenvalue weighted by Crippen LogP contribution is -2.36. The molecule has 9 nitrogen and oxygen atoms in total. The maximum atomic E-state index is 12.7. The van der Waals surface area contributed by atoms with Gasteiger partial charge in [0, 0.05) is 25.3 Å². The minimum atomic E-state index is -0.367. The quantitative estimate of drug-likeness (QED) is 0.329. The summed E-state index contributed by atoms with van der Waals surface area (Å²) in [6, 6.07) is 15.3. The molecular weight excluding hydrogens is 478 g/mol. The van der Waals surface area contributed by atoms with Gasteiger partial charge in [-0.2, -0.15) is 0 Å². The molecule has 0 radical (unpaired) electrons. The number of rotatable bonds is 10. The van der Waals surface area contributed by atoms with Crippen molar-refractivity contribution in [2.45, 2.75) is 32.1 Å². The van der Waals surface area contributed by atoms with Gasteiger partial charge in [-0.15, -0.1) is 10.2 Å². The fraction of sp³-hybridized carbons (Fsp3) is 0.385. The summed E-state index contributed by atoms with van der Waals surface area (Å²) in [5.74, 6) is 0.531. The Morgan fingerprint density at radius 1 is 1.11 bits per heavy atom. The van der Waals surface area contributed by atoms with Gasteiger partial charge in [-0.1, -0.05) is 36.0 Å². The molecule has 0 spiro atoms. The number of esters is 1. The maximum absolute atomic E-state index is 12.7. The van der Waals surface area contributed by atoms with Crippen molar-refractivity contribution < 1.29 is 19.1 Å². The molecule has 2 heterocycles. The second-order valence-electron chi connectivity index (χ2n) is 8.39. The van der Waals surface area contributed by atoms with Gasteiger partial charge >= 0.3 is 5.97 Å². The first-order valence-electron chi connectivity index (χ1n) is 12.0. The highest BCUT2D eigenvalue weighted by atomic mass is 32.2. The van der Waals surface area contributed by atoms with Gasteiger partial charge in [0.2, 0.25) is 5.91 Å². The standard InChI is InChI=1S/C26H31N5O4S/c1-3-35-25(33)20-10-9-19(2)21(15-20)16-27-24(32)18-36-26-29-28-23(17-30-11-13-34-14-12-30)31(26)22-7-5-4-6-8-22/h4-10,15H,3,11-14,16-18H2,1-2H3,(H,27,32). The second-order valence-corrected chi connectivity index (χ2v) is 9.33. The molecule has 1 aliphatic rings. The first-order valence-corrected chi connectivity index (χ1v) is 13.0. The minimum Gasteiger partial charge on any atom is -0.462 e. The van der Waals surface area contributed by atoms with Crippen molar-refractivity contribution in [3.05, 3.63) is 71.0 Å². The molecule has 1 amide bonds. The van der Waals surface area contributed by atoms with Gasteiger partial charge in [0.1, 0.15) is 0 Å². The van der Waals surface area contributed by atoms with Crippen LogP contribution in [-0.4, -0.2) is 70.2 Å². The Hall–Kier alpha value is -3.21. The summed E-state index contributed by atoms with van der Waals surface area (Å²) in [5.41, 5.74) is 3.30. The van der Waals surface area contributed by atoms with Gasteiger partial charge in [0.15, 0.2) is 11.0 Å². The van der Waals surface area contributed by atoms with Crippen molar-refractivity contribution in [1.82, 2.24) is 25.0 Å². The summed E-state index contributed by atoms with van der Waals surface area (Å²) < 4.78 is 12.6. The van der Waals surface area contributed by atoms with Crippen LogP contribution in [0.4, 0.5) is 0 Å². The zero-order chi connectivity index (χ0) is 25.3. The molecule has 0 saturated carbocycles. The molecule has 1 fully saturated rings. The molecule has 4 rings (SSSR count). The normalized spacial score (nSPS) is 13.9. The monoisotopic (exact) mass is 509 g/mol. The van der Waals surface area contributed by atoms with Crippen molar-refractivity contribution in [2.24, 2.45) is 0 Å². The summed E-state index contributed by atoms with van der Waals surface area (Å²) in [7, 11) is 0. The zero-order valence-electron chi connectivity index (χ0n) is 20.6. The maximum Gasteiger partial charge on any atom is 0.338 e. The lowest BCUT2D eigenvalue weighted by Gasteiger charge is -2.26. The number of carbonyl (C=O) groups excluding carboxylic acids is 2. The predicted molar refractivity (Wildman–Crippen MR) is 137 cm³/mol. The van der Waals surface area contributed by atoms with Crippen LogP contribution >= 0.6 is 11.8 Å². The third kappa shape index (κ3) is 6.71. The molecule has 1 saturated heterocycles. The molecule has 1 N–H and O–H groups in total. The smallest absolute Gasteiger partial charge is 0.338 e. The average Bonchev–Trinajstić information content (AvgIpc) is 3.30. The van der Waals surface area contributed by atoms with E-state index < -0.39 is 0 Å². The van der Waals surface area contributed by atoms with Crippen molar-refractivity contribution >= 4 is 23.6 Å². The predicted octanol–water partition coefficient (Wildman–Crippen LogP) is 2.99. The number of para-hydroxylation sites is 1. The highest BCUT2D eigenvalue weighted by Crippen LogP contribution is 2.23. The van der Waals surface area contributed by atoms with Gasteiger partial charge in [-0.05, 0) is 49.2 Å². The van der Waals surface area contributed by atoms with Crippen LogP contribution in [-0.2, 0) is 27.4 Å². The number of amides is 1. The van der Waals surface area contributed by atoms with Gasteiger partial charge < -0.3 is 14.8 Å². The third-order valence-corrected chi connectivity index (χ3v) is 6.78. The van der Waals surface area contributed by atoms with Gasteiger partial charge in [-0.25, -0.2) is 4.79 Å². The SMILES string of the molecule is CCOC(=O)c1ccc(C)c(CNC(=O)CSc2nnc(CN3CCOCC3)n2-c2ccccc2)c1. The van der Waals surface area contributed by atoms with Crippen LogP contribution in [0.2, 0.25) is 0 Å². The Bertz CT molecular complexity index is 1180. The average molecular weight is 510 g/mol. The Labute approximate surface area is 215 Å². The number of nitrogens with zero attached hydrogens (tertiary/aromatic N) is 4. The first kappa shape index (κ1) is 25.9. The molecule has 3 aromatic rings. The zero-order valence-corrected chi connectivity index (χ0v) is 21.4. The van der Waals surface area contributed by atoms with Crippen LogP contribution in [0.15, 0.2) is 53.7 Å². The van der Waals surface area contributed by atoms with E-state index in [1.165, 1.54) is 11.8 Å². The van der Waals surface area contributed by atoms with E-state index in [-0.39, 0.29) is 17.6 Å². The summed E-state index contributed by atoms with van der Waals surface area (Å²) >= 11 is 1.35. The molecule has 1 aliphatic heterocycles. The third-order valence-electron chi connectivity index (χ3n) is 5.85. The highest BCUT2D eigenvalue weighted by Gasteiger charge is 2.20. The number of morpholine rings is 1. The summed E-state index contributed by atoms with van der Waals surface area (Å²) in [6.45, 7) is 8.15. The summed E-state index contributed by atoms with van der Waals surface area (Å²) in [5, 5.41) is 12.5. The Morgan fingerprint density at radius 3 is 2.64 bits per heavy atom. The summed E-state index contributed by atoms with van der Waals surface area (Å²) in [4.78, 5) is 27.0. The second kappa shape index (κ2) is 12.7. The molecule has 0 aliphatic carbocycles. The fourth-order valence-electron chi connectivity index (χ4n) is 3.87. The van der Waals surface area contributed by atoms with Gasteiger partial charge in [-0.3, -0.25) is 14.3 Å². The van der Waals surface area contributed by atoms with Crippen LogP contribution < -0.4 is 5.32 Å². The molecule has 0 bridgehead atoms. The molecule has 10 heteroatoms. The van der Waals surface area contributed by atoms with Gasteiger partial charge in [0.25, 0.3) is 0 Å². The number of hydrogen-bond donors (Lipinski definition) is 1. The first-order chi connectivity index (χ1) is 17.5. The van der Waals surface area contributed by atoms with E-state index in [2.05, 4.69) is 20.4 Å². The number of nitrogens with one attached hydrogen (secondary N) is 1. The van der Waals surface area contributed by atoms with Crippen LogP contribution in [0.3, 0.4) is 0 Å². The molecule has 0 unspecified atom stereocenters. The minimum absolute atomic E-state index is 0.127. The van der Waals surface area contributed by atoms with E-state index in [0.717, 1.165) is 35.7 Å². The van der Waals surface area contributed by atoms with E-state index in [1.807, 2.05) is 47.9 Å². The number of benzene rings is 2. The van der Waals surface area contributed by atoms with E-state index in [1.54, 1.807) is 19.1 Å². The number of thioether (sulfide) groups is 1. The molecule has 0 atom stereocenters. The van der Waals surface area contributed by atoms with Crippen LogP contribution in [0.5, 0.6) is 0 Å². The number of hydrogen-bond acceptors (Lipinski definition) is 8. The lowest BCUT2D eigenvalue weighted by molar-refractivity contribution is -0.118. The van der Waals surface area contributed by atoms with Crippen molar-refractivity contribution in [3.8, 4) is 5.69 Å². The van der Waals surface area contributed by atoms with E-state index in [9.17, 15) is 9.59 Å². The molecule has 2 aromatic carbocycles. The number of aryl methyl sites for hydroxylation is 1. The van der Waals surface area contributed by atoms with E-state index in [0.29, 0.717) is 43.6 Å².